The molecule has 1 fully saturated rings. The Labute approximate surface area is 160 Å². The summed E-state index contributed by atoms with van der Waals surface area (Å²) in [7, 11) is 0. The standard InChI is InChI=1S/C18H20O10/c1-9(20)24-8-15-16(25-10(2)21)17(26-11(3)22)18(28-15)27-14-5-4-12(7-19)6-13(14)23/h4-7,15-18,23H,8H2,1-3H3. The second kappa shape index (κ2) is 9.18. The molecule has 0 aromatic heterocycles. The summed E-state index contributed by atoms with van der Waals surface area (Å²) in [6, 6.07) is 3.91. The molecule has 0 saturated carbocycles. The van der Waals surface area contributed by atoms with Crippen molar-refractivity contribution in [3.63, 3.8) is 0 Å². The highest BCUT2D eigenvalue weighted by Crippen LogP contribution is 2.33. The number of phenols is 1. The van der Waals surface area contributed by atoms with Crippen molar-refractivity contribution in [3.05, 3.63) is 23.8 Å². The van der Waals surface area contributed by atoms with Gasteiger partial charge in [-0.05, 0) is 18.2 Å². The lowest BCUT2D eigenvalue weighted by Crippen LogP contribution is -2.42. The van der Waals surface area contributed by atoms with Gasteiger partial charge < -0.3 is 28.8 Å². The van der Waals surface area contributed by atoms with Gasteiger partial charge in [-0.2, -0.15) is 0 Å². The minimum Gasteiger partial charge on any atom is -0.504 e. The number of ether oxygens (including phenoxy) is 5. The lowest BCUT2D eigenvalue weighted by molar-refractivity contribution is -0.170. The van der Waals surface area contributed by atoms with Crippen LogP contribution in [0.2, 0.25) is 0 Å². The Hall–Kier alpha value is -3.14. The molecule has 1 aliphatic rings. The number of aromatic hydroxyl groups is 1. The van der Waals surface area contributed by atoms with Crippen LogP contribution in [-0.4, -0.2) is 60.5 Å². The third-order valence-electron chi connectivity index (χ3n) is 3.68. The molecule has 1 aromatic rings. The molecule has 0 aliphatic carbocycles. The summed E-state index contributed by atoms with van der Waals surface area (Å²) in [6.45, 7) is 3.23. The van der Waals surface area contributed by atoms with Crippen molar-refractivity contribution >= 4 is 24.2 Å². The predicted octanol–water partition coefficient (Wildman–Crippen LogP) is 0.735. The number of hydrogen-bond acceptors (Lipinski definition) is 10. The minimum atomic E-state index is -1.28. The van der Waals surface area contributed by atoms with Gasteiger partial charge in [-0.15, -0.1) is 0 Å². The highest BCUT2D eigenvalue weighted by Gasteiger charge is 2.51. The Morgan fingerprint density at radius 2 is 1.71 bits per heavy atom. The van der Waals surface area contributed by atoms with Crippen molar-refractivity contribution in [2.75, 3.05) is 6.61 Å². The molecular formula is C18H20O10. The highest BCUT2D eigenvalue weighted by molar-refractivity contribution is 5.76. The van der Waals surface area contributed by atoms with Gasteiger partial charge in [0.2, 0.25) is 12.4 Å². The monoisotopic (exact) mass is 396 g/mol. The van der Waals surface area contributed by atoms with Gasteiger partial charge >= 0.3 is 17.9 Å². The first-order valence-electron chi connectivity index (χ1n) is 8.29. The number of rotatable bonds is 7. The number of hydrogen-bond donors (Lipinski definition) is 1. The Bertz CT molecular complexity index is 759. The molecule has 1 heterocycles. The molecule has 1 aliphatic heterocycles. The zero-order valence-corrected chi connectivity index (χ0v) is 15.4. The van der Waals surface area contributed by atoms with E-state index in [4.69, 9.17) is 23.7 Å². The average molecular weight is 396 g/mol. The van der Waals surface area contributed by atoms with Gasteiger partial charge in [0.25, 0.3) is 0 Å². The molecular weight excluding hydrogens is 376 g/mol. The quantitative estimate of drug-likeness (QED) is 0.399. The molecule has 28 heavy (non-hydrogen) atoms. The Kier molecular flexibility index (Phi) is 6.94. The van der Waals surface area contributed by atoms with Crippen LogP contribution in [0.25, 0.3) is 0 Å². The minimum absolute atomic E-state index is 0.0533. The summed E-state index contributed by atoms with van der Waals surface area (Å²) in [6.07, 6.45) is -4.00. The van der Waals surface area contributed by atoms with Crippen molar-refractivity contribution in [1.29, 1.82) is 0 Å². The molecule has 10 nitrogen and oxygen atoms in total. The fraction of sp³-hybridized carbons (Fsp3) is 0.444. The number of aldehydes is 1. The summed E-state index contributed by atoms with van der Waals surface area (Å²) in [5, 5.41) is 10.0. The second-order valence-electron chi connectivity index (χ2n) is 5.96. The maximum atomic E-state index is 11.5. The van der Waals surface area contributed by atoms with E-state index < -0.39 is 42.5 Å². The third-order valence-corrected chi connectivity index (χ3v) is 3.68. The van der Waals surface area contributed by atoms with Gasteiger partial charge in [0.15, 0.2) is 17.6 Å². The summed E-state index contributed by atoms with van der Waals surface area (Å²) >= 11 is 0. The van der Waals surface area contributed by atoms with E-state index in [1.807, 2.05) is 0 Å². The van der Waals surface area contributed by atoms with Crippen LogP contribution in [-0.2, 0) is 33.3 Å². The van der Waals surface area contributed by atoms with Gasteiger partial charge in [0.05, 0.1) is 0 Å². The highest BCUT2D eigenvalue weighted by atomic mass is 16.7. The van der Waals surface area contributed by atoms with Gasteiger partial charge in [-0.25, -0.2) is 0 Å². The van der Waals surface area contributed by atoms with Crippen LogP contribution in [0.5, 0.6) is 11.5 Å². The number of phenolic OH excluding ortho intramolecular Hbond substituents is 1. The largest absolute Gasteiger partial charge is 0.504 e. The third kappa shape index (κ3) is 5.43. The summed E-state index contributed by atoms with van der Waals surface area (Å²) in [4.78, 5) is 44.9. The molecule has 0 radical (unpaired) electrons. The summed E-state index contributed by atoms with van der Waals surface area (Å²) in [5.74, 6) is -2.34. The summed E-state index contributed by atoms with van der Waals surface area (Å²) in [5.41, 5.74) is 0.222. The molecule has 0 spiro atoms. The van der Waals surface area contributed by atoms with E-state index in [1.165, 1.54) is 25.1 Å². The SMILES string of the molecule is CC(=O)OCC1OC(Oc2ccc(C=O)cc2O)C(OC(C)=O)C1OC(C)=O. The van der Waals surface area contributed by atoms with Crippen LogP contribution < -0.4 is 4.74 Å². The van der Waals surface area contributed by atoms with Gasteiger partial charge in [0, 0.05) is 26.3 Å². The van der Waals surface area contributed by atoms with E-state index in [1.54, 1.807) is 0 Å². The van der Waals surface area contributed by atoms with E-state index in [9.17, 15) is 24.3 Å². The average Bonchev–Trinajstić information content (AvgIpc) is 2.90. The smallest absolute Gasteiger partial charge is 0.303 e. The number of esters is 3. The van der Waals surface area contributed by atoms with E-state index in [2.05, 4.69) is 0 Å². The molecule has 4 unspecified atom stereocenters. The lowest BCUT2D eigenvalue weighted by atomic mass is 10.1. The topological polar surface area (TPSA) is 135 Å². The molecule has 1 saturated heterocycles. The van der Waals surface area contributed by atoms with Crippen LogP contribution in [0.1, 0.15) is 31.1 Å². The first kappa shape index (κ1) is 21.2. The fourth-order valence-electron chi connectivity index (χ4n) is 2.60. The molecule has 4 atom stereocenters. The van der Waals surface area contributed by atoms with Gasteiger partial charge in [0.1, 0.15) is 19.0 Å². The maximum Gasteiger partial charge on any atom is 0.303 e. The maximum absolute atomic E-state index is 11.5. The van der Waals surface area contributed by atoms with Crippen molar-refractivity contribution in [1.82, 2.24) is 0 Å². The van der Waals surface area contributed by atoms with Crippen LogP contribution in [0.4, 0.5) is 0 Å². The van der Waals surface area contributed by atoms with Gasteiger partial charge in [-0.3, -0.25) is 19.2 Å². The first-order chi connectivity index (χ1) is 13.2. The molecule has 1 aromatic carbocycles. The zero-order valence-electron chi connectivity index (χ0n) is 15.4. The molecule has 1 N–H and O–H groups in total. The van der Waals surface area contributed by atoms with Gasteiger partial charge in [-0.1, -0.05) is 0 Å². The van der Waals surface area contributed by atoms with E-state index >= 15 is 0 Å². The second-order valence-corrected chi connectivity index (χ2v) is 5.96. The molecule has 152 valence electrons. The van der Waals surface area contributed by atoms with Crippen molar-refractivity contribution in [2.45, 2.75) is 45.4 Å². The molecule has 2 rings (SSSR count). The normalized spacial score (nSPS) is 23.5. The molecule has 0 bridgehead atoms. The number of carbonyl (C=O) groups excluding carboxylic acids is 4. The fourth-order valence-corrected chi connectivity index (χ4v) is 2.60. The number of benzene rings is 1. The van der Waals surface area contributed by atoms with Crippen LogP contribution in [0.15, 0.2) is 18.2 Å². The van der Waals surface area contributed by atoms with E-state index in [-0.39, 0.29) is 23.7 Å². The number of carbonyl (C=O) groups is 4. The Morgan fingerprint density at radius 3 is 2.25 bits per heavy atom. The lowest BCUT2D eigenvalue weighted by Gasteiger charge is -2.23. The first-order valence-corrected chi connectivity index (χ1v) is 8.29. The molecule has 0 amide bonds. The Morgan fingerprint density at radius 1 is 1.07 bits per heavy atom. The predicted molar refractivity (Wildman–Crippen MR) is 90.5 cm³/mol. The molecule has 10 heteroatoms. The van der Waals surface area contributed by atoms with Crippen molar-refractivity contribution < 1.29 is 48.0 Å². The van der Waals surface area contributed by atoms with Crippen molar-refractivity contribution in [2.24, 2.45) is 0 Å². The zero-order chi connectivity index (χ0) is 20.8. The summed E-state index contributed by atoms with van der Waals surface area (Å²) < 4.78 is 26.5. The van der Waals surface area contributed by atoms with E-state index in [0.29, 0.717) is 6.29 Å². The van der Waals surface area contributed by atoms with Crippen LogP contribution >= 0.6 is 0 Å². The van der Waals surface area contributed by atoms with Crippen LogP contribution in [0, 0.1) is 0 Å². The van der Waals surface area contributed by atoms with E-state index in [0.717, 1.165) is 13.8 Å². The Balaban J connectivity index is 2.28. The van der Waals surface area contributed by atoms with Crippen molar-refractivity contribution in [3.8, 4) is 11.5 Å². The van der Waals surface area contributed by atoms with Crippen LogP contribution in [0.3, 0.4) is 0 Å².